The zero-order chi connectivity index (χ0) is 11.9. The van der Waals surface area contributed by atoms with E-state index in [9.17, 15) is 0 Å². The van der Waals surface area contributed by atoms with Gasteiger partial charge in [0.2, 0.25) is 0 Å². The molecule has 0 aromatic rings. The molecule has 0 aliphatic carbocycles. The zero-order valence-electron chi connectivity index (χ0n) is 11.3. The van der Waals surface area contributed by atoms with Gasteiger partial charge in [0.25, 0.3) is 0 Å². The van der Waals surface area contributed by atoms with Crippen molar-refractivity contribution in [2.45, 2.75) is 32.6 Å². The Balaban J connectivity index is 1.68. The number of ether oxygens (including phenoxy) is 1. The van der Waals surface area contributed by atoms with Crippen molar-refractivity contribution in [3.05, 3.63) is 0 Å². The van der Waals surface area contributed by atoms with Gasteiger partial charge >= 0.3 is 0 Å². The van der Waals surface area contributed by atoms with Gasteiger partial charge in [0, 0.05) is 26.3 Å². The Morgan fingerprint density at radius 3 is 2.76 bits per heavy atom. The fourth-order valence-corrected chi connectivity index (χ4v) is 3.13. The molecule has 1 unspecified atom stereocenters. The van der Waals surface area contributed by atoms with Crippen LogP contribution in [0.1, 0.15) is 32.6 Å². The molecule has 17 heavy (non-hydrogen) atoms. The Labute approximate surface area is 106 Å². The summed E-state index contributed by atoms with van der Waals surface area (Å²) in [5, 5.41) is 3.50. The third kappa shape index (κ3) is 4.57. The summed E-state index contributed by atoms with van der Waals surface area (Å²) in [4.78, 5) is 2.70. The maximum atomic E-state index is 5.43. The summed E-state index contributed by atoms with van der Waals surface area (Å²) < 4.78 is 5.43. The average molecular weight is 240 g/mol. The zero-order valence-corrected chi connectivity index (χ0v) is 11.3. The van der Waals surface area contributed by atoms with Crippen LogP contribution in [-0.4, -0.2) is 50.8 Å². The molecule has 0 saturated carbocycles. The molecule has 2 rings (SSSR count). The summed E-state index contributed by atoms with van der Waals surface area (Å²) in [5.41, 5.74) is 0. The van der Waals surface area contributed by atoms with Crippen LogP contribution in [0, 0.1) is 11.8 Å². The summed E-state index contributed by atoms with van der Waals surface area (Å²) in [6.07, 6.45) is 5.35. The molecule has 2 aliphatic heterocycles. The van der Waals surface area contributed by atoms with E-state index in [1.165, 1.54) is 51.9 Å². The van der Waals surface area contributed by atoms with Crippen molar-refractivity contribution in [3.63, 3.8) is 0 Å². The number of piperidine rings is 1. The van der Waals surface area contributed by atoms with Crippen molar-refractivity contribution in [1.82, 2.24) is 10.2 Å². The van der Waals surface area contributed by atoms with E-state index >= 15 is 0 Å². The first-order chi connectivity index (χ1) is 8.38. The molecule has 2 fully saturated rings. The Bertz CT molecular complexity index is 204. The van der Waals surface area contributed by atoms with Gasteiger partial charge in [-0.2, -0.15) is 0 Å². The van der Waals surface area contributed by atoms with Crippen LogP contribution in [0.25, 0.3) is 0 Å². The lowest BCUT2D eigenvalue weighted by atomic mass is 9.94. The van der Waals surface area contributed by atoms with Gasteiger partial charge in [0.05, 0.1) is 0 Å². The van der Waals surface area contributed by atoms with Crippen molar-refractivity contribution in [3.8, 4) is 0 Å². The summed E-state index contributed by atoms with van der Waals surface area (Å²) in [6.45, 7) is 10.4. The van der Waals surface area contributed by atoms with Crippen LogP contribution in [0.3, 0.4) is 0 Å². The highest BCUT2D eigenvalue weighted by Crippen LogP contribution is 2.21. The van der Waals surface area contributed by atoms with E-state index in [-0.39, 0.29) is 0 Å². The molecule has 1 atom stereocenters. The Morgan fingerprint density at radius 1 is 1.18 bits per heavy atom. The maximum absolute atomic E-state index is 5.43. The molecule has 0 bridgehead atoms. The molecule has 0 spiro atoms. The van der Waals surface area contributed by atoms with E-state index in [2.05, 4.69) is 17.1 Å². The fraction of sp³-hybridized carbons (Fsp3) is 1.00. The highest BCUT2D eigenvalue weighted by atomic mass is 16.5. The predicted octanol–water partition coefficient (Wildman–Crippen LogP) is 1.73. The van der Waals surface area contributed by atoms with Gasteiger partial charge in [-0.15, -0.1) is 0 Å². The predicted molar refractivity (Wildman–Crippen MR) is 71.3 cm³/mol. The number of nitrogens with zero attached hydrogens (tertiary/aromatic N) is 1. The van der Waals surface area contributed by atoms with Gasteiger partial charge in [-0.05, 0) is 57.2 Å². The lowest BCUT2D eigenvalue weighted by Crippen LogP contribution is -2.42. The minimum atomic E-state index is 0.878. The number of nitrogens with one attached hydrogen (secondary N) is 1. The van der Waals surface area contributed by atoms with Gasteiger partial charge in [-0.1, -0.05) is 6.92 Å². The van der Waals surface area contributed by atoms with Gasteiger partial charge in [-0.25, -0.2) is 0 Å². The number of hydrogen-bond acceptors (Lipinski definition) is 3. The topological polar surface area (TPSA) is 24.5 Å². The monoisotopic (exact) mass is 240 g/mol. The highest BCUT2D eigenvalue weighted by molar-refractivity contribution is 4.77. The first-order valence-electron chi connectivity index (χ1n) is 7.39. The molecule has 2 heterocycles. The molecular weight excluding hydrogens is 212 g/mol. The minimum absolute atomic E-state index is 0.878. The molecule has 0 aromatic heterocycles. The van der Waals surface area contributed by atoms with Crippen LogP contribution in [0.4, 0.5) is 0 Å². The van der Waals surface area contributed by atoms with Crippen molar-refractivity contribution in [1.29, 1.82) is 0 Å². The fourth-order valence-electron chi connectivity index (χ4n) is 3.13. The van der Waals surface area contributed by atoms with Crippen LogP contribution < -0.4 is 5.32 Å². The smallest absolute Gasteiger partial charge is 0.0469 e. The second-order valence-electron chi connectivity index (χ2n) is 5.63. The summed E-state index contributed by atoms with van der Waals surface area (Å²) in [5.74, 6) is 1.77. The lowest BCUT2D eigenvalue weighted by Gasteiger charge is -2.36. The second-order valence-corrected chi connectivity index (χ2v) is 5.63. The van der Waals surface area contributed by atoms with E-state index in [1.807, 2.05) is 0 Å². The number of rotatable bonds is 5. The normalized spacial score (nSPS) is 28.4. The Hall–Kier alpha value is -0.120. The SMILES string of the molecule is CCNCC1CCCN(CC2CCOCC2)C1. The highest BCUT2D eigenvalue weighted by Gasteiger charge is 2.23. The number of hydrogen-bond donors (Lipinski definition) is 1. The standard InChI is InChI=1S/C14H28N2O/c1-2-15-10-14-4-3-7-16(12-14)11-13-5-8-17-9-6-13/h13-15H,2-12H2,1H3. The van der Waals surface area contributed by atoms with Gasteiger partial charge in [0.1, 0.15) is 0 Å². The van der Waals surface area contributed by atoms with E-state index in [4.69, 9.17) is 4.74 Å². The molecule has 1 N–H and O–H groups in total. The molecule has 0 radical (unpaired) electrons. The molecule has 3 nitrogen and oxygen atoms in total. The Morgan fingerprint density at radius 2 is 2.00 bits per heavy atom. The van der Waals surface area contributed by atoms with Crippen molar-refractivity contribution < 1.29 is 4.74 Å². The van der Waals surface area contributed by atoms with Crippen LogP contribution >= 0.6 is 0 Å². The molecule has 2 saturated heterocycles. The molecule has 100 valence electrons. The van der Waals surface area contributed by atoms with Crippen LogP contribution in [0.2, 0.25) is 0 Å². The summed E-state index contributed by atoms with van der Waals surface area (Å²) in [7, 11) is 0. The van der Waals surface area contributed by atoms with E-state index < -0.39 is 0 Å². The minimum Gasteiger partial charge on any atom is -0.381 e. The lowest BCUT2D eigenvalue weighted by molar-refractivity contribution is 0.0452. The second kappa shape index (κ2) is 7.34. The third-order valence-electron chi connectivity index (χ3n) is 4.14. The van der Waals surface area contributed by atoms with Gasteiger partial charge in [-0.3, -0.25) is 0 Å². The van der Waals surface area contributed by atoms with Crippen molar-refractivity contribution >= 4 is 0 Å². The average Bonchev–Trinajstić information content (AvgIpc) is 2.38. The van der Waals surface area contributed by atoms with E-state index in [1.54, 1.807) is 0 Å². The molecule has 0 aromatic carbocycles. The first-order valence-corrected chi connectivity index (χ1v) is 7.39. The third-order valence-corrected chi connectivity index (χ3v) is 4.14. The molecular formula is C14H28N2O. The van der Waals surface area contributed by atoms with Crippen LogP contribution in [-0.2, 0) is 4.74 Å². The first kappa shape index (κ1) is 13.3. The van der Waals surface area contributed by atoms with E-state index in [0.29, 0.717) is 0 Å². The maximum Gasteiger partial charge on any atom is 0.0469 e. The summed E-state index contributed by atoms with van der Waals surface area (Å²) >= 11 is 0. The number of likely N-dealkylation sites (tertiary alicyclic amines) is 1. The quantitative estimate of drug-likeness (QED) is 0.792. The molecule has 2 aliphatic rings. The van der Waals surface area contributed by atoms with E-state index in [0.717, 1.165) is 31.6 Å². The summed E-state index contributed by atoms with van der Waals surface area (Å²) in [6, 6.07) is 0. The van der Waals surface area contributed by atoms with Crippen LogP contribution in [0.15, 0.2) is 0 Å². The van der Waals surface area contributed by atoms with Crippen molar-refractivity contribution in [2.75, 3.05) is 45.9 Å². The molecule has 0 amide bonds. The van der Waals surface area contributed by atoms with Crippen LogP contribution in [0.5, 0.6) is 0 Å². The largest absolute Gasteiger partial charge is 0.381 e. The van der Waals surface area contributed by atoms with Gasteiger partial charge in [0.15, 0.2) is 0 Å². The molecule has 3 heteroatoms. The Kier molecular flexibility index (Phi) is 5.75. The van der Waals surface area contributed by atoms with Crippen molar-refractivity contribution in [2.24, 2.45) is 11.8 Å². The van der Waals surface area contributed by atoms with Gasteiger partial charge < -0.3 is 15.0 Å².